The lowest BCUT2D eigenvalue weighted by Crippen LogP contribution is -2.32. The van der Waals surface area contributed by atoms with Gasteiger partial charge in [0.25, 0.3) is 0 Å². The van der Waals surface area contributed by atoms with Gasteiger partial charge < -0.3 is 11.1 Å². The predicted molar refractivity (Wildman–Crippen MR) is 90.4 cm³/mol. The first kappa shape index (κ1) is 17.3. The molecule has 1 aliphatic rings. The zero-order valence-corrected chi connectivity index (χ0v) is 13.9. The number of primary amides is 1. The van der Waals surface area contributed by atoms with E-state index in [9.17, 15) is 18.0 Å². The zero-order valence-electron chi connectivity index (χ0n) is 13.9. The highest BCUT2D eigenvalue weighted by molar-refractivity contribution is 5.94. The molecule has 132 valence electrons. The molecule has 0 bridgehead atoms. The number of hydrogen-bond donors (Lipinski definition) is 2. The third kappa shape index (κ3) is 3.21. The lowest BCUT2D eigenvalue weighted by molar-refractivity contribution is -0.137. The number of fused-ring (bicyclic) bond motifs is 1. The van der Waals surface area contributed by atoms with Crippen LogP contribution in [0, 0.1) is 0 Å². The summed E-state index contributed by atoms with van der Waals surface area (Å²) in [5.41, 5.74) is 6.76. The molecule has 1 heterocycles. The number of halogens is 3. The normalized spacial score (nSPS) is 19.0. The summed E-state index contributed by atoms with van der Waals surface area (Å²) in [4.78, 5) is 11.7. The summed E-state index contributed by atoms with van der Waals surface area (Å²) >= 11 is 0. The number of carbonyl (C=O) groups is 1. The number of carbonyl (C=O) groups excluding carboxylic acids is 1. The highest BCUT2D eigenvalue weighted by atomic mass is 19.4. The van der Waals surface area contributed by atoms with Crippen LogP contribution in [0.5, 0.6) is 0 Å². The molecule has 2 aromatic rings. The maximum Gasteiger partial charge on any atom is 0.416 e. The van der Waals surface area contributed by atoms with Crippen molar-refractivity contribution >= 4 is 11.6 Å². The molecule has 1 amide bonds. The summed E-state index contributed by atoms with van der Waals surface area (Å²) in [6, 6.07) is 10.6. The van der Waals surface area contributed by atoms with Gasteiger partial charge in [0.1, 0.15) is 0 Å². The van der Waals surface area contributed by atoms with Crippen LogP contribution in [0.4, 0.5) is 18.9 Å². The van der Waals surface area contributed by atoms with Crippen molar-refractivity contribution < 1.29 is 18.0 Å². The van der Waals surface area contributed by atoms with Gasteiger partial charge in [-0.05, 0) is 47.2 Å². The lowest BCUT2D eigenvalue weighted by Gasteiger charge is -2.39. The van der Waals surface area contributed by atoms with Gasteiger partial charge in [-0.15, -0.1) is 0 Å². The Labute approximate surface area is 144 Å². The molecule has 0 saturated carbocycles. The van der Waals surface area contributed by atoms with Gasteiger partial charge in [0.15, 0.2) is 0 Å². The molecular formula is C19H19F3N2O. The summed E-state index contributed by atoms with van der Waals surface area (Å²) in [6.07, 6.45) is -3.83. The molecule has 0 fully saturated rings. The second-order valence-corrected chi connectivity index (χ2v) is 6.99. The van der Waals surface area contributed by atoms with E-state index >= 15 is 0 Å². The summed E-state index contributed by atoms with van der Waals surface area (Å²) < 4.78 is 39.1. The van der Waals surface area contributed by atoms with Gasteiger partial charge in [-0.3, -0.25) is 4.79 Å². The average molecular weight is 348 g/mol. The standard InChI is InChI=1S/C19H19F3N2O/c1-18(2)10-16(12-5-3-4-6-13(12)17(23)25)24-15-8-7-11(9-14(15)18)19(20,21)22/h3-9,16,24H,10H2,1-2H3,(H2,23,25). The molecule has 1 aliphatic heterocycles. The molecular weight excluding hydrogens is 329 g/mol. The first-order valence-corrected chi connectivity index (χ1v) is 7.96. The Hall–Kier alpha value is -2.50. The smallest absolute Gasteiger partial charge is 0.378 e. The van der Waals surface area contributed by atoms with Crippen LogP contribution in [0.1, 0.15) is 53.4 Å². The number of nitrogens with one attached hydrogen (secondary N) is 1. The van der Waals surface area contributed by atoms with Crippen LogP contribution < -0.4 is 11.1 Å². The molecule has 6 heteroatoms. The van der Waals surface area contributed by atoms with E-state index in [1.165, 1.54) is 12.1 Å². The molecule has 0 aliphatic carbocycles. The molecule has 1 atom stereocenters. The van der Waals surface area contributed by atoms with E-state index in [2.05, 4.69) is 5.32 Å². The Morgan fingerprint density at radius 2 is 1.88 bits per heavy atom. The van der Waals surface area contributed by atoms with E-state index in [-0.39, 0.29) is 6.04 Å². The number of alkyl halides is 3. The third-order valence-corrected chi connectivity index (χ3v) is 4.72. The van der Waals surface area contributed by atoms with Gasteiger partial charge in [0, 0.05) is 11.3 Å². The van der Waals surface area contributed by atoms with Crippen molar-refractivity contribution in [3.63, 3.8) is 0 Å². The second kappa shape index (κ2) is 5.79. The Kier molecular flexibility index (Phi) is 4.01. The minimum absolute atomic E-state index is 0.206. The molecule has 0 spiro atoms. The van der Waals surface area contributed by atoms with E-state index in [4.69, 9.17) is 5.73 Å². The van der Waals surface area contributed by atoms with Crippen molar-refractivity contribution in [2.24, 2.45) is 5.73 Å². The molecule has 3 N–H and O–H groups in total. The van der Waals surface area contributed by atoms with Crippen LogP contribution in [0.2, 0.25) is 0 Å². The van der Waals surface area contributed by atoms with Crippen molar-refractivity contribution in [2.75, 3.05) is 5.32 Å². The monoisotopic (exact) mass is 348 g/mol. The number of amides is 1. The van der Waals surface area contributed by atoms with Crippen LogP contribution in [-0.4, -0.2) is 5.91 Å². The maximum absolute atomic E-state index is 13.0. The quantitative estimate of drug-likeness (QED) is 0.831. The topological polar surface area (TPSA) is 55.1 Å². The zero-order chi connectivity index (χ0) is 18.4. The van der Waals surface area contributed by atoms with Gasteiger partial charge in [0.2, 0.25) is 5.91 Å². The number of nitrogens with two attached hydrogens (primary N) is 1. The number of anilines is 1. The fraction of sp³-hybridized carbons (Fsp3) is 0.316. The summed E-state index contributed by atoms with van der Waals surface area (Å²) in [5.74, 6) is -0.520. The Morgan fingerprint density at radius 3 is 2.52 bits per heavy atom. The predicted octanol–water partition coefficient (Wildman–Crippen LogP) is 4.64. The number of hydrogen-bond acceptors (Lipinski definition) is 2. The van der Waals surface area contributed by atoms with E-state index < -0.39 is 23.1 Å². The van der Waals surface area contributed by atoms with Gasteiger partial charge in [-0.25, -0.2) is 0 Å². The van der Waals surface area contributed by atoms with E-state index in [0.717, 1.165) is 11.6 Å². The molecule has 3 nitrogen and oxygen atoms in total. The van der Waals surface area contributed by atoms with Crippen molar-refractivity contribution in [1.82, 2.24) is 0 Å². The molecule has 3 rings (SSSR count). The maximum atomic E-state index is 13.0. The van der Waals surface area contributed by atoms with Crippen LogP contribution in [0.3, 0.4) is 0 Å². The van der Waals surface area contributed by atoms with Crippen molar-refractivity contribution in [2.45, 2.75) is 37.9 Å². The van der Waals surface area contributed by atoms with Crippen molar-refractivity contribution in [3.05, 3.63) is 64.7 Å². The van der Waals surface area contributed by atoms with E-state index in [0.29, 0.717) is 23.2 Å². The number of benzene rings is 2. The minimum Gasteiger partial charge on any atom is -0.378 e. The molecule has 2 aromatic carbocycles. The van der Waals surface area contributed by atoms with Crippen LogP contribution in [-0.2, 0) is 11.6 Å². The lowest BCUT2D eigenvalue weighted by atomic mass is 9.73. The van der Waals surface area contributed by atoms with Gasteiger partial charge in [-0.2, -0.15) is 13.2 Å². The fourth-order valence-corrected chi connectivity index (χ4v) is 3.48. The third-order valence-electron chi connectivity index (χ3n) is 4.72. The first-order valence-electron chi connectivity index (χ1n) is 7.96. The van der Waals surface area contributed by atoms with Crippen LogP contribution in [0.15, 0.2) is 42.5 Å². The summed E-state index contributed by atoms with van der Waals surface area (Å²) in [5, 5.41) is 3.27. The van der Waals surface area contributed by atoms with Crippen molar-refractivity contribution in [1.29, 1.82) is 0 Å². The molecule has 25 heavy (non-hydrogen) atoms. The van der Waals surface area contributed by atoms with Gasteiger partial charge in [0.05, 0.1) is 11.6 Å². The molecule has 0 radical (unpaired) electrons. The van der Waals surface area contributed by atoms with Gasteiger partial charge >= 0.3 is 6.18 Å². The highest BCUT2D eigenvalue weighted by Crippen LogP contribution is 2.46. The van der Waals surface area contributed by atoms with Crippen LogP contribution in [0.25, 0.3) is 0 Å². The molecule has 0 aromatic heterocycles. The van der Waals surface area contributed by atoms with Crippen LogP contribution >= 0.6 is 0 Å². The Morgan fingerprint density at radius 1 is 1.20 bits per heavy atom. The number of rotatable bonds is 2. The highest BCUT2D eigenvalue weighted by Gasteiger charge is 2.38. The summed E-state index contributed by atoms with van der Waals surface area (Å²) in [6.45, 7) is 3.82. The SMILES string of the molecule is CC1(C)CC(c2ccccc2C(N)=O)Nc2ccc(C(F)(F)F)cc21. The average Bonchev–Trinajstić information content (AvgIpc) is 2.53. The fourth-order valence-electron chi connectivity index (χ4n) is 3.48. The first-order chi connectivity index (χ1) is 11.6. The molecule has 0 saturated heterocycles. The summed E-state index contributed by atoms with van der Waals surface area (Å²) in [7, 11) is 0. The van der Waals surface area contributed by atoms with E-state index in [1.807, 2.05) is 26.0 Å². The largest absolute Gasteiger partial charge is 0.416 e. The Bertz CT molecular complexity index is 828. The minimum atomic E-state index is -4.37. The molecule has 1 unspecified atom stereocenters. The second-order valence-electron chi connectivity index (χ2n) is 6.99. The Balaban J connectivity index is 2.05. The van der Waals surface area contributed by atoms with Crippen molar-refractivity contribution in [3.8, 4) is 0 Å². The van der Waals surface area contributed by atoms with E-state index in [1.54, 1.807) is 12.1 Å². The van der Waals surface area contributed by atoms with Gasteiger partial charge in [-0.1, -0.05) is 32.0 Å².